The van der Waals surface area contributed by atoms with E-state index in [1.165, 1.54) is 0 Å². The first-order chi connectivity index (χ1) is 11.4. The second-order valence-electron chi connectivity index (χ2n) is 5.00. The second kappa shape index (κ2) is 16.0. The minimum Gasteiger partial charge on any atom is -0.481 e. The monoisotopic (exact) mass is 284 g/mol. The van der Waals surface area contributed by atoms with Crippen molar-refractivity contribution in [1.29, 1.82) is 0 Å². The fourth-order valence-corrected chi connectivity index (χ4v) is 1.83. The summed E-state index contributed by atoms with van der Waals surface area (Å²) in [5.41, 5.74) is 0. The number of carboxylic acid groups (broad SMARTS) is 1. The number of carbonyl (C=O) groups is 1. The number of rotatable bonds is 14. The van der Waals surface area contributed by atoms with Gasteiger partial charge in [-0.05, 0) is 38.5 Å². The number of carboxylic acids is 1. The predicted molar refractivity (Wildman–Crippen MR) is 87.0 cm³/mol. The Labute approximate surface area is 130 Å². The molecule has 1 N–H and O–H groups in total. The first-order valence-corrected chi connectivity index (χ1v) is 7.90. The Morgan fingerprint density at radius 3 is 2.05 bits per heavy atom. The molecule has 0 bridgehead atoms. The van der Waals surface area contributed by atoms with Crippen LogP contribution in [0.1, 0.15) is 89.5 Å². The van der Waals surface area contributed by atoms with E-state index in [0.717, 1.165) is 44.9 Å². The van der Waals surface area contributed by atoms with Crippen LogP contribution in [0, 0.1) is 0 Å². The Morgan fingerprint density at radius 2 is 1.45 bits per heavy atom. The zero-order valence-corrected chi connectivity index (χ0v) is 12.8. The molecule has 0 aromatic heterocycles. The summed E-state index contributed by atoms with van der Waals surface area (Å²) in [4.78, 5) is 10.4. The van der Waals surface area contributed by atoms with E-state index in [9.17, 15) is 4.79 Å². The lowest BCUT2D eigenvalue weighted by Gasteiger charge is -1.98. The van der Waals surface area contributed by atoms with Crippen molar-refractivity contribution in [2.45, 2.75) is 84.0 Å². The summed E-state index contributed by atoms with van der Waals surface area (Å²) in [6.45, 7) is 2.10. The smallest absolute Gasteiger partial charge is 0.303 e. The average molecular weight is 284 g/mol. The van der Waals surface area contributed by atoms with Gasteiger partial charge >= 0.3 is 5.97 Å². The maximum absolute atomic E-state index is 10.4. The van der Waals surface area contributed by atoms with Gasteiger partial charge < -0.3 is 5.11 Å². The van der Waals surface area contributed by atoms with E-state index in [1.807, 2.05) is 0 Å². The Hall–Kier alpha value is -1.05. The molecule has 0 saturated carbocycles. The zero-order valence-electron chi connectivity index (χ0n) is 16.8. The zero-order chi connectivity index (χ0) is 18.4. The fourth-order valence-electron chi connectivity index (χ4n) is 1.83. The highest BCUT2D eigenvalue weighted by molar-refractivity contribution is 5.66. The van der Waals surface area contributed by atoms with Gasteiger partial charge in [0.05, 0.1) is 5.48 Å². The van der Waals surface area contributed by atoms with Crippen LogP contribution in [0.4, 0.5) is 0 Å². The molecule has 0 aliphatic carbocycles. The van der Waals surface area contributed by atoms with Crippen molar-refractivity contribution < 1.29 is 15.4 Å². The molecule has 0 atom stereocenters. The highest BCUT2D eigenvalue weighted by Gasteiger charge is 1.95. The molecule has 2 heteroatoms. The third-order valence-electron chi connectivity index (χ3n) is 3.02. The molecule has 0 aromatic rings. The van der Waals surface area contributed by atoms with Crippen molar-refractivity contribution in [3.8, 4) is 0 Å². The number of hydrogen-bond donors (Lipinski definition) is 1. The number of hydrogen-bond acceptors (Lipinski definition) is 1. The minimum atomic E-state index is -0.757. The quantitative estimate of drug-likeness (QED) is 0.319. The number of aliphatic carboxylic acids is 1. The summed E-state index contributed by atoms with van der Waals surface area (Å²) in [7, 11) is 0. The van der Waals surface area contributed by atoms with Gasteiger partial charge in [-0.3, -0.25) is 4.79 Å². The maximum Gasteiger partial charge on any atom is 0.303 e. The summed E-state index contributed by atoms with van der Waals surface area (Å²) in [5, 5.41) is 8.54. The van der Waals surface area contributed by atoms with Crippen LogP contribution in [0.3, 0.4) is 0 Å². The van der Waals surface area contributed by atoms with Crippen LogP contribution in [0.25, 0.3) is 0 Å². The van der Waals surface area contributed by atoms with Gasteiger partial charge in [-0.1, -0.05) is 63.2 Å². The van der Waals surface area contributed by atoms with Gasteiger partial charge in [0.25, 0.3) is 0 Å². The van der Waals surface area contributed by atoms with E-state index in [2.05, 4.69) is 6.92 Å². The molecule has 0 spiro atoms. The minimum absolute atomic E-state index is 0.0857. The van der Waals surface area contributed by atoms with E-state index < -0.39 is 5.97 Å². The van der Waals surface area contributed by atoms with E-state index in [1.54, 1.807) is 0 Å². The Kier molecular flexibility index (Phi) is 10.1. The lowest BCUT2D eigenvalue weighted by molar-refractivity contribution is -0.137. The van der Waals surface area contributed by atoms with Gasteiger partial charge in [0, 0.05) is 6.42 Å². The van der Waals surface area contributed by atoms with Crippen LogP contribution in [0.15, 0.2) is 24.2 Å². The predicted octanol–water partition coefficient (Wildman–Crippen LogP) is 5.88. The van der Waals surface area contributed by atoms with Crippen molar-refractivity contribution in [3.63, 3.8) is 0 Å². The molecule has 2 nitrogen and oxygen atoms in total. The molecule has 0 amide bonds. The number of unbranched alkanes of at least 4 members (excludes halogenated alkanes) is 6. The van der Waals surface area contributed by atoms with E-state index in [0.29, 0.717) is 25.3 Å². The van der Waals surface area contributed by atoms with Crippen molar-refractivity contribution in [3.05, 3.63) is 24.2 Å². The third-order valence-corrected chi connectivity index (χ3v) is 3.02. The molecular weight excluding hydrogens is 248 g/mol. The lowest BCUT2D eigenvalue weighted by atomic mass is 10.1. The molecule has 0 unspecified atom stereocenters. The third kappa shape index (κ3) is 16.9. The molecule has 0 fully saturated rings. The van der Waals surface area contributed by atoms with Crippen molar-refractivity contribution >= 4 is 5.97 Å². The number of allylic oxidation sites excluding steroid dienone is 4. The summed E-state index contributed by atoms with van der Waals surface area (Å²) in [6.07, 6.45) is 8.72. The largest absolute Gasteiger partial charge is 0.481 e. The molecule has 0 rings (SSSR count). The molecule has 116 valence electrons. The molecule has 0 radical (unpaired) electrons. The van der Waals surface area contributed by atoms with Crippen molar-refractivity contribution in [1.82, 2.24) is 0 Å². The van der Waals surface area contributed by atoms with Gasteiger partial charge in [-0.2, -0.15) is 0 Å². The Balaban J connectivity index is 4.05. The molecule has 0 heterocycles. The molecule has 20 heavy (non-hydrogen) atoms. The Bertz CT molecular complexity index is 431. The van der Waals surface area contributed by atoms with Crippen LogP contribution in [-0.2, 0) is 4.79 Å². The first-order valence-electron chi connectivity index (χ1n) is 9.90. The Morgan fingerprint density at radius 1 is 0.900 bits per heavy atom. The van der Waals surface area contributed by atoms with Crippen LogP contribution < -0.4 is 0 Å². The van der Waals surface area contributed by atoms with Gasteiger partial charge in [0.2, 0.25) is 0 Å². The van der Waals surface area contributed by atoms with Crippen LogP contribution in [-0.4, -0.2) is 11.1 Å². The van der Waals surface area contributed by atoms with E-state index in [-0.39, 0.29) is 31.0 Å². The molecule has 0 saturated heterocycles. The summed E-state index contributed by atoms with van der Waals surface area (Å²) >= 11 is 0. The van der Waals surface area contributed by atoms with E-state index >= 15 is 0 Å². The van der Waals surface area contributed by atoms with E-state index in [4.69, 9.17) is 10.6 Å². The SMILES string of the molecule is [2H]/C(CCCCC)=C(\[2H])C/C([2H])=C(/[2H])CCCCCCCC(=O)O. The summed E-state index contributed by atoms with van der Waals surface area (Å²) < 4.78 is 31.5. The lowest BCUT2D eigenvalue weighted by Crippen LogP contribution is -1.93. The van der Waals surface area contributed by atoms with Crippen LogP contribution in [0.5, 0.6) is 0 Å². The summed E-state index contributed by atoms with van der Waals surface area (Å²) in [5.74, 6) is -0.757. The highest BCUT2D eigenvalue weighted by Crippen LogP contribution is 2.08. The van der Waals surface area contributed by atoms with Crippen LogP contribution >= 0.6 is 0 Å². The van der Waals surface area contributed by atoms with Gasteiger partial charge in [0.15, 0.2) is 0 Å². The normalized spacial score (nSPS) is 16.4. The van der Waals surface area contributed by atoms with Crippen LogP contribution in [0.2, 0.25) is 0 Å². The maximum atomic E-state index is 10.4. The molecule has 0 aliphatic rings. The summed E-state index contributed by atoms with van der Waals surface area (Å²) in [6, 6.07) is 0.853. The highest BCUT2D eigenvalue weighted by atomic mass is 16.4. The van der Waals surface area contributed by atoms with Gasteiger partial charge in [0.1, 0.15) is 0 Å². The molecule has 0 aliphatic heterocycles. The fraction of sp³-hybridized carbons (Fsp3) is 0.722. The van der Waals surface area contributed by atoms with Gasteiger partial charge in [-0.25, -0.2) is 0 Å². The molecular formula is C18H32O2. The van der Waals surface area contributed by atoms with Crippen molar-refractivity contribution in [2.24, 2.45) is 0 Å². The first kappa shape index (κ1) is 12.7. The topological polar surface area (TPSA) is 37.3 Å². The molecule has 0 aromatic carbocycles. The van der Waals surface area contributed by atoms with Gasteiger partial charge in [-0.15, -0.1) is 0 Å². The standard InChI is InChI=1S/C18H32O2/c1-2-3-4-5-6-7-8-9-10-11-12-13-14-15-16-17-18(19)20/h6-7,9-10H,2-5,8,11-17H2,1H3,(H,19,20)/b7-6-,10-9-/i6D,7D,9D,10D. The average Bonchev–Trinajstić information content (AvgIpc) is 2.53. The van der Waals surface area contributed by atoms with Crippen molar-refractivity contribution in [2.75, 3.05) is 0 Å². The second-order valence-corrected chi connectivity index (χ2v) is 5.00.